The van der Waals surface area contributed by atoms with Crippen LogP contribution in [0.2, 0.25) is 0 Å². The first kappa shape index (κ1) is 23.4. The van der Waals surface area contributed by atoms with E-state index in [1.807, 2.05) is 48.5 Å². The number of alkyl carbamates (subject to hydrolysis) is 1. The number of alkyl halides is 2. The summed E-state index contributed by atoms with van der Waals surface area (Å²) in [6.45, 7) is 0.144. The molecule has 0 heterocycles. The largest absolute Gasteiger partial charge is 0.481 e. The fraction of sp³-hybridized carbons (Fsp3) is 0.320. The van der Waals surface area contributed by atoms with Gasteiger partial charge in [-0.1, -0.05) is 60.7 Å². The van der Waals surface area contributed by atoms with Crippen LogP contribution in [0.25, 0.3) is 11.1 Å². The van der Waals surface area contributed by atoms with Crippen molar-refractivity contribution >= 4 is 18.0 Å². The molecule has 0 spiro atoms. The predicted molar refractivity (Wildman–Crippen MR) is 119 cm³/mol. The summed E-state index contributed by atoms with van der Waals surface area (Å²) >= 11 is 0. The number of halogens is 2. The molecule has 0 aliphatic heterocycles. The summed E-state index contributed by atoms with van der Waals surface area (Å²) in [4.78, 5) is 35.4. The first-order valence-corrected chi connectivity index (χ1v) is 10.9. The molecule has 0 saturated carbocycles. The molecule has 0 fully saturated rings. The van der Waals surface area contributed by atoms with Crippen molar-refractivity contribution in [1.29, 1.82) is 0 Å². The number of nitrogens with one attached hydrogen (secondary N) is 2. The smallest absolute Gasteiger partial charge is 0.407 e. The Labute approximate surface area is 194 Å². The monoisotopic (exact) mass is 470 g/mol. The van der Waals surface area contributed by atoms with E-state index in [0.717, 1.165) is 22.3 Å². The van der Waals surface area contributed by atoms with Crippen LogP contribution in [-0.4, -0.2) is 48.2 Å². The van der Waals surface area contributed by atoms with Gasteiger partial charge in [0.05, 0.1) is 18.4 Å². The Kier molecular flexibility index (Phi) is 6.90. The molecule has 7 nitrogen and oxygen atoms in total. The van der Waals surface area contributed by atoms with Crippen molar-refractivity contribution in [3.8, 4) is 11.1 Å². The number of carboxylic acids is 1. The molecule has 178 valence electrons. The summed E-state index contributed by atoms with van der Waals surface area (Å²) in [5.41, 5.74) is 4.40. The average molecular weight is 470 g/mol. The highest BCUT2D eigenvalue weighted by Crippen LogP contribution is 2.44. The third-order valence-corrected chi connectivity index (χ3v) is 6.09. The molecule has 0 saturated heterocycles. The van der Waals surface area contributed by atoms with Gasteiger partial charge in [0.15, 0.2) is 0 Å². The number of carbonyl (C=O) groups is 3. The van der Waals surface area contributed by atoms with Gasteiger partial charge < -0.3 is 20.5 Å². The van der Waals surface area contributed by atoms with Crippen molar-refractivity contribution in [2.45, 2.75) is 37.3 Å². The Morgan fingerprint density at radius 3 is 2.21 bits per heavy atom. The second kappa shape index (κ2) is 10.0. The maximum atomic E-state index is 13.0. The highest BCUT2D eigenvalue weighted by molar-refractivity contribution is 5.82. The van der Waals surface area contributed by atoms with Crippen LogP contribution < -0.4 is 10.6 Å². The molecule has 0 aromatic heterocycles. The number of amides is 2. The minimum absolute atomic E-state index is 0.0867. The van der Waals surface area contributed by atoms with Crippen LogP contribution in [0.15, 0.2) is 60.7 Å². The lowest BCUT2D eigenvalue weighted by molar-refractivity contribution is -0.139. The van der Waals surface area contributed by atoms with Gasteiger partial charge in [0.1, 0.15) is 12.6 Å². The van der Waals surface area contributed by atoms with Gasteiger partial charge in [-0.3, -0.25) is 9.59 Å². The zero-order valence-corrected chi connectivity index (χ0v) is 18.1. The molecule has 2 aliphatic rings. The van der Waals surface area contributed by atoms with E-state index < -0.39 is 48.8 Å². The van der Waals surface area contributed by atoms with Gasteiger partial charge in [-0.25, -0.2) is 13.6 Å². The molecule has 9 heteroatoms. The fourth-order valence-corrected chi connectivity index (χ4v) is 4.47. The Morgan fingerprint density at radius 1 is 1.00 bits per heavy atom. The molecular weight excluding hydrogens is 446 g/mol. The molecule has 0 radical (unpaired) electrons. The van der Waals surface area contributed by atoms with Crippen LogP contribution in [0.3, 0.4) is 0 Å². The van der Waals surface area contributed by atoms with E-state index in [4.69, 9.17) is 9.84 Å². The van der Waals surface area contributed by atoms with Crippen LogP contribution in [0.5, 0.6) is 0 Å². The fourth-order valence-electron chi connectivity index (χ4n) is 4.47. The quantitative estimate of drug-likeness (QED) is 0.511. The van der Waals surface area contributed by atoms with Gasteiger partial charge in [0.25, 0.3) is 6.43 Å². The van der Waals surface area contributed by atoms with E-state index in [9.17, 15) is 23.2 Å². The molecule has 0 bridgehead atoms. The van der Waals surface area contributed by atoms with Gasteiger partial charge in [0, 0.05) is 5.92 Å². The summed E-state index contributed by atoms with van der Waals surface area (Å²) in [5, 5.41) is 13.5. The van der Waals surface area contributed by atoms with Crippen molar-refractivity contribution in [2.24, 2.45) is 5.92 Å². The van der Waals surface area contributed by atoms with E-state index in [1.165, 1.54) is 6.08 Å². The second-order valence-electron chi connectivity index (χ2n) is 8.35. The molecule has 3 atom stereocenters. The molecule has 2 aliphatic carbocycles. The maximum Gasteiger partial charge on any atom is 0.407 e. The summed E-state index contributed by atoms with van der Waals surface area (Å²) in [6, 6.07) is 13.7. The van der Waals surface area contributed by atoms with Gasteiger partial charge in [-0.2, -0.15) is 0 Å². The van der Waals surface area contributed by atoms with Crippen molar-refractivity contribution in [1.82, 2.24) is 10.6 Å². The molecule has 34 heavy (non-hydrogen) atoms. The van der Waals surface area contributed by atoms with Crippen molar-refractivity contribution in [2.75, 3.05) is 6.61 Å². The maximum absolute atomic E-state index is 13.0. The summed E-state index contributed by atoms with van der Waals surface area (Å²) in [6.07, 6.45) is -1.25. The van der Waals surface area contributed by atoms with Crippen LogP contribution >= 0.6 is 0 Å². The van der Waals surface area contributed by atoms with Gasteiger partial charge in [-0.15, -0.1) is 0 Å². The lowest BCUT2D eigenvalue weighted by atomic mass is 9.98. The van der Waals surface area contributed by atoms with Gasteiger partial charge in [-0.05, 0) is 28.7 Å². The number of hydrogen-bond acceptors (Lipinski definition) is 4. The van der Waals surface area contributed by atoms with E-state index >= 15 is 0 Å². The number of carbonyl (C=O) groups excluding carboxylic acids is 2. The minimum Gasteiger partial charge on any atom is -0.481 e. The number of aliphatic carboxylic acids is 1. The van der Waals surface area contributed by atoms with Crippen molar-refractivity contribution in [3.05, 3.63) is 71.8 Å². The Morgan fingerprint density at radius 2 is 1.62 bits per heavy atom. The van der Waals surface area contributed by atoms with Crippen LogP contribution in [-0.2, 0) is 14.3 Å². The van der Waals surface area contributed by atoms with Crippen molar-refractivity contribution < 1.29 is 33.0 Å². The van der Waals surface area contributed by atoms with E-state index in [2.05, 4.69) is 10.6 Å². The zero-order valence-electron chi connectivity index (χ0n) is 18.1. The number of fused-ring (bicyclic) bond motifs is 3. The highest BCUT2D eigenvalue weighted by Gasteiger charge is 2.32. The lowest BCUT2D eigenvalue weighted by Gasteiger charge is -2.19. The summed E-state index contributed by atoms with van der Waals surface area (Å²) < 4.78 is 31.5. The first-order chi connectivity index (χ1) is 16.3. The van der Waals surface area contributed by atoms with E-state index in [0.29, 0.717) is 0 Å². The number of hydrogen-bond donors (Lipinski definition) is 3. The van der Waals surface area contributed by atoms with Crippen LogP contribution in [0.1, 0.15) is 29.9 Å². The summed E-state index contributed by atoms with van der Waals surface area (Å²) in [5.74, 6) is -2.98. The number of carboxylic acid groups (broad SMARTS) is 1. The first-order valence-electron chi connectivity index (χ1n) is 10.9. The summed E-state index contributed by atoms with van der Waals surface area (Å²) in [7, 11) is 0. The molecule has 4 rings (SSSR count). The highest BCUT2D eigenvalue weighted by atomic mass is 19.3. The second-order valence-corrected chi connectivity index (χ2v) is 8.35. The SMILES string of the molecule is O=C(O)CC(NC(=O)C1C=CC(NC(=O)OCC2c3ccccc3-c3ccccc32)C1)C(F)F. The number of ether oxygens (including phenoxy) is 1. The third kappa shape index (κ3) is 5.08. The van der Waals surface area contributed by atoms with E-state index in [-0.39, 0.29) is 18.9 Å². The molecule has 2 amide bonds. The lowest BCUT2D eigenvalue weighted by Crippen LogP contribution is -2.44. The van der Waals surface area contributed by atoms with Crippen molar-refractivity contribution in [3.63, 3.8) is 0 Å². The average Bonchev–Trinajstić information content (AvgIpc) is 3.39. The number of rotatable bonds is 8. The standard InChI is InChI=1S/C25H24F2N2O5/c26-23(27)21(12-22(30)31)29-24(32)14-9-10-15(11-14)28-25(33)34-13-20-18-7-3-1-5-16(18)17-6-2-4-8-19(17)20/h1-10,14-15,20-21,23H,11-13H2,(H,28,33)(H,29,32)(H,30,31). The van der Waals surface area contributed by atoms with Crippen LogP contribution in [0.4, 0.5) is 13.6 Å². The van der Waals surface area contributed by atoms with Gasteiger partial charge in [0.2, 0.25) is 5.91 Å². The normalized spacial score (nSPS) is 19.4. The van der Waals surface area contributed by atoms with Gasteiger partial charge >= 0.3 is 12.1 Å². The molecule has 2 aromatic carbocycles. The molecule has 3 unspecified atom stereocenters. The zero-order chi connectivity index (χ0) is 24.2. The number of benzene rings is 2. The van der Waals surface area contributed by atoms with E-state index in [1.54, 1.807) is 6.08 Å². The third-order valence-electron chi connectivity index (χ3n) is 6.09. The Balaban J connectivity index is 1.29. The predicted octanol–water partition coefficient (Wildman–Crippen LogP) is 3.69. The minimum atomic E-state index is -3.00. The topological polar surface area (TPSA) is 105 Å². The molecular formula is C25H24F2N2O5. The Bertz CT molecular complexity index is 1070. The van der Waals surface area contributed by atoms with Crippen LogP contribution in [0, 0.1) is 5.92 Å². The molecule has 3 N–H and O–H groups in total. The molecule has 2 aromatic rings. The Hall–Kier alpha value is -3.75.